The molecule has 1 aromatic heterocycles. The number of nitrogens with zero attached hydrogens (tertiary/aromatic N) is 2. The van der Waals surface area contributed by atoms with Gasteiger partial charge in [-0.25, -0.2) is 8.42 Å². The van der Waals surface area contributed by atoms with Crippen molar-refractivity contribution in [2.75, 3.05) is 18.6 Å². The maximum Gasteiger partial charge on any atom is 0.228 e. The maximum absolute atomic E-state index is 11.4. The van der Waals surface area contributed by atoms with Crippen LogP contribution >= 0.6 is 0 Å². The Hall–Kier alpha value is -0.950. The van der Waals surface area contributed by atoms with Crippen LogP contribution in [-0.4, -0.2) is 43.2 Å². The highest BCUT2D eigenvalue weighted by Gasteiger charge is 2.32. The molecule has 1 aliphatic rings. The summed E-state index contributed by atoms with van der Waals surface area (Å²) in [7, 11) is -1.00. The lowest BCUT2D eigenvalue weighted by atomic mass is 10.1. The first kappa shape index (κ1) is 13.5. The van der Waals surface area contributed by atoms with Gasteiger partial charge in [0.05, 0.1) is 11.5 Å². The first-order valence-electron chi connectivity index (χ1n) is 6.24. The maximum atomic E-state index is 11.4. The first-order chi connectivity index (χ1) is 8.54. The van der Waals surface area contributed by atoms with Gasteiger partial charge in [-0.05, 0) is 19.9 Å². The molecule has 2 rings (SSSR count). The molecule has 0 saturated carbocycles. The van der Waals surface area contributed by atoms with E-state index in [0.717, 1.165) is 6.42 Å². The molecule has 2 atom stereocenters. The van der Waals surface area contributed by atoms with Crippen LogP contribution in [0.25, 0.3) is 0 Å². The number of rotatable bonds is 5. The van der Waals surface area contributed by atoms with E-state index in [-0.39, 0.29) is 17.4 Å². The Morgan fingerprint density at radius 2 is 2.33 bits per heavy atom. The van der Waals surface area contributed by atoms with Gasteiger partial charge in [0.25, 0.3) is 0 Å². The van der Waals surface area contributed by atoms with Crippen molar-refractivity contribution in [3.05, 3.63) is 11.7 Å². The summed E-state index contributed by atoms with van der Waals surface area (Å²) < 4.78 is 28.0. The molecule has 18 heavy (non-hydrogen) atoms. The number of aromatic nitrogens is 2. The van der Waals surface area contributed by atoms with Gasteiger partial charge in [-0.3, -0.25) is 0 Å². The minimum absolute atomic E-state index is 0.0952. The smallest absolute Gasteiger partial charge is 0.228 e. The van der Waals surface area contributed by atoms with Crippen molar-refractivity contribution < 1.29 is 12.9 Å². The van der Waals surface area contributed by atoms with Crippen LogP contribution in [0.5, 0.6) is 0 Å². The van der Waals surface area contributed by atoms with Crippen LogP contribution in [0.3, 0.4) is 0 Å². The van der Waals surface area contributed by atoms with E-state index in [2.05, 4.69) is 22.4 Å². The van der Waals surface area contributed by atoms with Gasteiger partial charge in [0.2, 0.25) is 5.89 Å². The molecule has 102 valence electrons. The standard InChI is InChI=1S/C11H19N3O3S/c1-3-9(12-2)6-10-13-11(14-17-10)8-4-5-18(15,16)7-8/h8-9,12H,3-7H2,1-2H3. The van der Waals surface area contributed by atoms with Crippen LogP contribution in [0, 0.1) is 0 Å². The highest BCUT2D eigenvalue weighted by Crippen LogP contribution is 2.26. The molecule has 2 unspecified atom stereocenters. The molecule has 1 aromatic rings. The summed E-state index contributed by atoms with van der Waals surface area (Å²) in [4.78, 5) is 4.31. The zero-order chi connectivity index (χ0) is 13.2. The average molecular weight is 273 g/mol. The molecule has 1 N–H and O–H groups in total. The fraction of sp³-hybridized carbons (Fsp3) is 0.818. The van der Waals surface area contributed by atoms with E-state index in [0.29, 0.717) is 30.6 Å². The average Bonchev–Trinajstić information content (AvgIpc) is 2.92. The second kappa shape index (κ2) is 5.36. The lowest BCUT2D eigenvalue weighted by Gasteiger charge is -2.09. The third kappa shape index (κ3) is 3.08. The Bertz CT molecular complexity index is 493. The van der Waals surface area contributed by atoms with Crippen LogP contribution in [-0.2, 0) is 16.3 Å². The summed E-state index contributed by atoms with van der Waals surface area (Å²) in [6.07, 6.45) is 2.26. The fourth-order valence-corrected chi connectivity index (χ4v) is 3.92. The molecule has 0 aromatic carbocycles. The summed E-state index contributed by atoms with van der Waals surface area (Å²) in [6.45, 7) is 2.09. The van der Waals surface area contributed by atoms with Crippen molar-refractivity contribution in [2.45, 2.75) is 38.1 Å². The second-order valence-corrected chi connectivity index (χ2v) is 6.97. The van der Waals surface area contributed by atoms with E-state index in [1.165, 1.54) is 0 Å². The van der Waals surface area contributed by atoms with Crippen molar-refractivity contribution >= 4 is 9.84 Å². The number of hydrogen-bond acceptors (Lipinski definition) is 6. The number of sulfone groups is 1. The van der Waals surface area contributed by atoms with Gasteiger partial charge in [0, 0.05) is 18.4 Å². The molecule has 0 aliphatic carbocycles. The third-order valence-corrected chi connectivity index (χ3v) is 5.17. The second-order valence-electron chi connectivity index (χ2n) is 4.74. The minimum Gasteiger partial charge on any atom is -0.339 e. The molecular formula is C11H19N3O3S. The van der Waals surface area contributed by atoms with Crippen molar-refractivity contribution in [1.82, 2.24) is 15.5 Å². The molecule has 2 heterocycles. The molecule has 6 nitrogen and oxygen atoms in total. The van der Waals surface area contributed by atoms with Gasteiger partial charge in [-0.2, -0.15) is 4.98 Å². The van der Waals surface area contributed by atoms with Gasteiger partial charge in [-0.15, -0.1) is 0 Å². The zero-order valence-electron chi connectivity index (χ0n) is 10.7. The summed E-state index contributed by atoms with van der Waals surface area (Å²) in [6, 6.07) is 0.311. The third-order valence-electron chi connectivity index (χ3n) is 3.40. The monoisotopic (exact) mass is 273 g/mol. The highest BCUT2D eigenvalue weighted by molar-refractivity contribution is 7.91. The summed E-state index contributed by atoms with van der Waals surface area (Å²) in [5.41, 5.74) is 0. The Kier molecular flexibility index (Phi) is 4.01. The highest BCUT2D eigenvalue weighted by atomic mass is 32.2. The topological polar surface area (TPSA) is 85.1 Å². The molecule has 0 radical (unpaired) electrons. The molecule has 1 fully saturated rings. The number of nitrogens with one attached hydrogen (secondary N) is 1. The van der Waals surface area contributed by atoms with Crippen LogP contribution in [0.2, 0.25) is 0 Å². The van der Waals surface area contributed by atoms with Crippen molar-refractivity contribution in [3.8, 4) is 0 Å². The number of hydrogen-bond donors (Lipinski definition) is 1. The molecule has 1 aliphatic heterocycles. The van der Waals surface area contributed by atoms with Crippen LogP contribution in [0.15, 0.2) is 4.52 Å². The van der Waals surface area contributed by atoms with Crippen molar-refractivity contribution in [3.63, 3.8) is 0 Å². The molecule has 0 bridgehead atoms. The lowest BCUT2D eigenvalue weighted by molar-refractivity contribution is 0.353. The lowest BCUT2D eigenvalue weighted by Crippen LogP contribution is -2.26. The quantitative estimate of drug-likeness (QED) is 0.841. The van der Waals surface area contributed by atoms with Crippen molar-refractivity contribution in [2.24, 2.45) is 0 Å². The van der Waals surface area contributed by atoms with Crippen molar-refractivity contribution in [1.29, 1.82) is 0 Å². The predicted molar refractivity (Wildman–Crippen MR) is 67.2 cm³/mol. The molecule has 1 saturated heterocycles. The Labute approximate surface area is 107 Å². The fourth-order valence-electron chi connectivity index (χ4n) is 2.18. The summed E-state index contributed by atoms with van der Waals surface area (Å²) in [5.74, 6) is 1.40. The van der Waals surface area contributed by atoms with E-state index in [9.17, 15) is 8.42 Å². The van der Waals surface area contributed by atoms with Gasteiger partial charge in [-0.1, -0.05) is 12.1 Å². The van der Waals surface area contributed by atoms with E-state index in [1.54, 1.807) is 0 Å². The normalized spacial score (nSPS) is 24.2. The Morgan fingerprint density at radius 3 is 2.89 bits per heavy atom. The molecule has 0 amide bonds. The van der Waals surface area contributed by atoms with Crippen LogP contribution < -0.4 is 5.32 Å². The van der Waals surface area contributed by atoms with Crippen LogP contribution in [0.1, 0.15) is 37.4 Å². The van der Waals surface area contributed by atoms with E-state index in [4.69, 9.17) is 4.52 Å². The summed E-state index contributed by atoms with van der Waals surface area (Å²) >= 11 is 0. The molecule has 0 spiro atoms. The Balaban J connectivity index is 2.02. The van der Waals surface area contributed by atoms with E-state index in [1.807, 2.05) is 7.05 Å². The molecular weight excluding hydrogens is 254 g/mol. The van der Waals surface area contributed by atoms with Gasteiger partial charge >= 0.3 is 0 Å². The van der Waals surface area contributed by atoms with Gasteiger partial charge in [0.15, 0.2) is 15.7 Å². The Morgan fingerprint density at radius 1 is 1.56 bits per heavy atom. The SMILES string of the molecule is CCC(Cc1nc(C2CCS(=O)(=O)C2)no1)NC. The summed E-state index contributed by atoms with van der Waals surface area (Å²) in [5, 5.41) is 7.08. The van der Waals surface area contributed by atoms with Gasteiger partial charge in [0.1, 0.15) is 0 Å². The predicted octanol–water partition coefficient (Wildman–Crippen LogP) is 0.512. The first-order valence-corrected chi connectivity index (χ1v) is 8.06. The van der Waals surface area contributed by atoms with Crippen LogP contribution in [0.4, 0.5) is 0 Å². The number of likely N-dealkylation sites (N-methyl/N-ethyl adjacent to an activating group) is 1. The molecule has 7 heteroatoms. The minimum atomic E-state index is -2.90. The van der Waals surface area contributed by atoms with E-state index >= 15 is 0 Å². The largest absolute Gasteiger partial charge is 0.339 e. The van der Waals surface area contributed by atoms with E-state index < -0.39 is 9.84 Å². The zero-order valence-corrected chi connectivity index (χ0v) is 11.5. The van der Waals surface area contributed by atoms with Gasteiger partial charge < -0.3 is 9.84 Å².